The minimum absolute atomic E-state index is 0.242. The Morgan fingerprint density at radius 3 is 2.62 bits per heavy atom. The van der Waals surface area contributed by atoms with Gasteiger partial charge < -0.3 is 5.73 Å². The molecule has 4 heteroatoms. The molecule has 2 nitrogen and oxygen atoms in total. The molecular weight excluding hydrogens is 223 g/mol. The van der Waals surface area contributed by atoms with Gasteiger partial charge in [-0.2, -0.15) is 0 Å². The molecule has 0 unspecified atom stereocenters. The summed E-state index contributed by atoms with van der Waals surface area (Å²) in [6.45, 7) is 4.92. The standard InChI is InChI=1S/C12H17FN2S/c1-8(2)15(3)7-9-4-5-10(13)6-11(9)12(14)16/h4-6,8H,7H2,1-3H3,(H2,14,16). The van der Waals surface area contributed by atoms with E-state index in [0.29, 0.717) is 18.2 Å². The number of rotatable bonds is 4. The molecule has 0 bridgehead atoms. The van der Waals surface area contributed by atoms with Crippen molar-refractivity contribution in [3.8, 4) is 0 Å². The van der Waals surface area contributed by atoms with Crippen LogP contribution in [0.4, 0.5) is 4.39 Å². The van der Waals surface area contributed by atoms with E-state index in [4.69, 9.17) is 18.0 Å². The Morgan fingerprint density at radius 1 is 1.50 bits per heavy atom. The molecule has 0 saturated carbocycles. The molecule has 0 heterocycles. The third-order valence-electron chi connectivity index (χ3n) is 2.64. The number of hydrogen-bond donors (Lipinski definition) is 1. The monoisotopic (exact) mass is 240 g/mol. The normalized spacial score (nSPS) is 11.1. The fourth-order valence-corrected chi connectivity index (χ4v) is 1.56. The molecule has 0 atom stereocenters. The van der Waals surface area contributed by atoms with Gasteiger partial charge in [-0.25, -0.2) is 4.39 Å². The van der Waals surface area contributed by atoms with Gasteiger partial charge in [0.25, 0.3) is 0 Å². The molecule has 0 aliphatic heterocycles. The lowest BCUT2D eigenvalue weighted by molar-refractivity contribution is 0.265. The second-order valence-corrected chi connectivity index (χ2v) is 4.61. The summed E-state index contributed by atoms with van der Waals surface area (Å²) < 4.78 is 13.1. The van der Waals surface area contributed by atoms with E-state index in [9.17, 15) is 4.39 Å². The van der Waals surface area contributed by atoms with E-state index in [-0.39, 0.29) is 10.8 Å². The van der Waals surface area contributed by atoms with Gasteiger partial charge in [-0.3, -0.25) is 4.90 Å². The average molecular weight is 240 g/mol. The van der Waals surface area contributed by atoms with Crippen LogP contribution in [0.2, 0.25) is 0 Å². The predicted molar refractivity (Wildman–Crippen MR) is 68.9 cm³/mol. The van der Waals surface area contributed by atoms with Gasteiger partial charge in [-0.1, -0.05) is 18.3 Å². The molecule has 0 aliphatic rings. The molecule has 16 heavy (non-hydrogen) atoms. The van der Waals surface area contributed by atoms with Gasteiger partial charge in [0, 0.05) is 18.2 Å². The number of benzene rings is 1. The molecule has 0 aromatic heterocycles. The summed E-state index contributed by atoms with van der Waals surface area (Å²) >= 11 is 4.92. The highest BCUT2D eigenvalue weighted by Crippen LogP contribution is 2.14. The summed E-state index contributed by atoms with van der Waals surface area (Å²) in [4.78, 5) is 2.39. The van der Waals surface area contributed by atoms with Gasteiger partial charge in [0.2, 0.25) is 0 Å². The van der Waals surface area contributed by atoms with E-state index in [1.165, 1.54) is 12.1 Å². The minimum Gasteiger partial charge on any atom is -0.389 e. The number of hydrogen-bond acceptors (Lipinski definition) is 2. The lowest BCUT2D eigenvalue weighted by atomic mass is 10.1. The van der Waals surface area contributed by atoms with Gasteiger partial charge in [-0.05, 0) is 38.6 Å². The van der Waals surface area contributed by atoms with E-state index >= 15 is 0 Å². The maximum atomic E-state index is 13.1. The van der Waals surface area contributed by atoms with Crippen molar-refractivity contribution < 1.29 is 4.39 Å². The van der Waals surface area contributed by atoms with Crippen LogP contribution in [0, 0.1) is 5.82 Å². The fraction of sp³-hybridized carbons (Fsp3) is 0.417. The Morgan fingerprint density at radius 2 is 2.12 bits per heavy atom. The zero-order valence-electron chi connectivity index (χ0n) is 9.83. The SMILES string of the molecule is CC(C)N(C)Cc1ccc(F)cc1C(N)=S. The molecule has 0 aliphatic carbocycles. The van der Waals surface area contributed by atoms with Crippen molar-refractivity contribution in [1.29, 1.82) is 0 Å². The first-order valence-electron chi connectivity index (χ1n) is 5.20. The number of halogens is 1. The van der Waals surface area contributed by atoms with Crippen LogP contribution in [0.25, 0.3) is 0 Å². The zero-order chi connectivity index (χ0) is 12.3. The molecule has 1 aromatic carbocycles. The van der Waals surface area contributed by atoms with Crippen LogP contribution in [-0.4, -0.2) is 23.0 Å². The van der Waals surface area contributed by atoms with Crippen LogP contribution >= 0.6 is 12.2 Å². The molecular formula is C12H17FN2S. The number of nitrogens with two attached hydrogens (primary N) is 1. The van der Waals surface area contributed by atoms with Crippen LogP contribution in [0.15, 0.2) is 18.2 Å². The van der Waals surface area contributed by atoms with Gasteiger partial charge in [-0.15, -0.1) is 0 Å². The summed E-state index contributed by atoms with van der Waals surface area (Å²) in [7, 11) is 2.01. The smallest absolute Gasteiger partial charge is 0.123 e. The Bertz CT molecular complexity index is 391. The van der Waals surface area contributed by atoms with Crippen molar-refractivity contribution in [2.75, 3.05) is 7.05 Å². The van der Waals surface area contributed by atoms with Crippen LogP contribution in [0.5, 0.6) is 0 Å². The molecule has 0 radical (unpaired) electrons. The van der Waals surface area contributed by atoms with Gasteiger partial charge in [0.15, 0.2) is 0 Å². The van der Waals surface area contributed by atoms with Crippen LogP contribution in [-0.2, 0) is 6.54 Å². The second-order valence-electron chi connectivity index (χ2n) is 4.17. The van der Waals surface area contributed by atoms with Crippen molar-refractivity contribution in [3.63, 3.8) is 0 Å². The summed E-state index contributed by atoms with van der Waals surface area (Å²) in [6.07, 6.45) is 0. The first-order chi connectivity index (χ1) is 7.41. The van der Waals surface area contributed by atoms with Crippen LogP contribution in [0.3, 0.4) is 0 Å². The summed E-state index contributed by atoms with van der Waals surface area (Å²) in [5.41, 5.74) is 7.17. The highest BCUT2D eigenvalue weighted by molar-refractivity contribution is 7.80. The van der Waals surface area contributed by atoms with Gasteiger partial charge in [0.1, 0.15) is 10.8 Å². The van der Waals surface area contributed by atoms with E-state index in [1.54, 1.807) is 6.07 Å². The summed E-state index contributed by atoms with van der Waals surface area (Å²) in [6, 6.07) is 4.99. The molecule has 2 N–H and O–H groups in total. The van der Waals surface area contributed by atoms with E-state index in [0.717, 1.165) is 5.56 Å². The topological polar surface area (TPSA) is 29.3 Å². The van der Waals surface area contributed by atoms with Crippen molar-refractivity contribution in [3.05, 3.63) is 35.1 Å². The maximum absolute atomic E-state index is 13.1. The first kappa shape index (κ1) is 13.1. The lowest BCUT2D eigenvalue weighted by Crippen LogP contribution is -2.27. The molecule has 1 aromatic rings. The predicted octanol–water partition coefficient (Wildman–Crippen LogP) is 2.30. The Labute approximate surface area is 101 Å². The number of nitrogens with zero attached hydrogens (tertiary/aromatic N) is 1. The lowest BCUT2D eigenvalue weighted by Gasteiger charge is -2.22. The molecule has 0 amide bonds. The fourth-order valence-electron chi connectivity index (χ4n) is 1.37. The molecule has 88 valence electrons. The van der Waals surface area contributed by atoms with Crippen molar-refractivity contribution in [2.45, 2.75) is 26.4 Å². The second kappa shape index (κ2) is 5.37. The molecule has 1 rings (SSSR count). The molecule has 0 fully saturated rings. The van der Waals surface area contributed by atoms with Crippen molar-refractivity contribution in [1.82, 2.24) is 4.90 Å². The quantitative estimate of drug-likeness (QED) is 0.819. The van der Waals surface area contributed by atoms with Gasteiger partial charge >= 0.3 is 0 Å². The van der Waals surface area contributed by atoms with E-state index in [1.807, 2.05) is 7.05 Å². The Kier molecular flexibility index (Phi) is 4.38. The first-order valence-corrected chi connectivity index (χ1v) is 5.61. The molecule has 0 saturated heterocycles. The van der Waals surface area contributed by atoms with E-state index < -0.39 is 0 Å². The summed E-state index contributed by atoms with van der Waals surface area (Å²) in [5, 5.41) is 0. The molecule has 0 spiro atoms. The Balaban J connectivity index is 2.99. The Hall–Kier alpha value is -1.00. The third-order valence-corrected chi connectivity index (χ3v) is 2.86. The van der Waals surface area contributed by atoms with Crippen LogP contribution < -0.4 is 5.73 Å². The number of thiocarbonyl (C=S) groups is 1. The van der Waals surface area contributed by atoms with Crippen LogP contribution in [0.1, 0.15) is 25.0 Å². The highest BCUT2D eigenvalue weighted by Gasteiger charge is 2.10. The van der Waals surface area contributed by atoms with Crippen molar-refractivity contribution in [2.24, 2.45) is 5.73 Å². The minimum atomic E-state index is -0.307. The average Bonchev–Trinajstić information content (AvgIpc) is 2.20. The zero-order valence-corrected chi connectivity index (χ0v) is 10.6. The third kappa shape index (κ3) is 3.25. The highest BCUT2D eigenvalue weighted by atomic mass is 32.1. The van der Waals surface area contributed by atoms with Gasteiger partial charge in [0.05, 0.1) is 0 Å². The largest absolute Gasteiger partial charge is 0.389 e. The summed E-state index contributed by atoms with van der Waals surface area (Å²) in [5.74, 6) is -0.307. The van der Waals surface area contributed by atoms with Crippen molar-refractivity contribution >= 4 is 17.2 Å². The maximum Gasteiger partial charge on any atom is 0.123 e. The van der Waals surface area contributed by atoms with E-state index in [2.05, 4.69) is 18.7 Å².